The number of aliphatic carboxylic acids is 1. The molecule has 2 atom stereocenters. The summed E-state index contributed by atoms with van der Waals surface area (Å²) in [5, 5.41) is 7.12. The third-order valence-electron chi connectivity index (χ3n) is 6.07. The summed E-state index contributed by atoms with van der Waals surface area (Å²) in [6.45, 7) is 3.11. The summed E-state index contributed by atoms with van der Waals surface area (Å²) in [5.74, 6) is -0.875. The molecule has 4 heterocycles. The van der Waals surface area contributed by atoms with E-state index in [1.54, 1.807) is 13.4 Å². The Morgan fingerprint density at radius 1 is 1.09 bits per heavy atom. The summed E-state index contributed by atoms with van der Waals surface area (Å²) >= 11 is 0. The molecule has 5 rings (SSSR count). The number of carbonyl (C=O) groups excluding carboxylic acids is 1. The molecule has 1 N–H and O–H groups in total. The van der Waals surface area contributed by atoms with E-state index in [2.05, 4.69) is 9.47 Å². The number of fused-ring (bicyclic) bond motifs is 3. The van der Waals surface area contributed by atoms with Crippen LogP contribution in [0.3, 0.4) is 0 Å². The van der Waals surface area contributed by atoms with Crippen LogP contribution in [-0.4, -0.2) is 63.8 Å². The number of carbonyl (C=O) groups is 2. The summed E-state index contributed by atoms with van der Waals surface area (Å²) in [4.78, 5) is 26.5. The van der Waals surface area contributed by atoms with E-state index in [1.165, 1.54) is 0 Å². The molecule has 0 aliphatic carbocycles. The molecule has 3 aromatic rings. The second-order valence-electron chi connectivity index (χ2n) is 8.29. The van der Waals surface area contributed by atoms with E-state index in [1.807, 2.05) is 59.6 Å². The maximum absolute atomic E-state index is 13.2. The first-order valence-corrected chi connectivity index (χ1v) is 10.8. The molecule has 2 aliphatic heterocycles. The highest BCUT2D eigenvalue weighted by Gasteiger charge is 2.45. The standard InChI is InChI=1S/C22H23N3O3.C2HF3O2/c1-27-17-8-6-16(7-9-17)12-25-21-15-23(13-18-4-3-11-28-18)14-20(21)24-10-2-5-19(24)22(25)26;3-2(4,5)1(6)7/h2-11,20-21H,12-15H2,1H3;(H,6,7). The molecule has 1 fully saturated rings. The van der Waals surface area contributed by atoms with Crippen molar-refractivity contribution in [1.82, 2.24) is 14.4 Å². The van der Waals surface area contributed by atoms with Crippen LogP contribution in [0.4, 0.5) is 13.2 Å². The van der Waals surface area contributed by atoms with Crippen molar-refractivity contribution >= 4 is 11.9 Å². The SMILES string of the molecule is COc1ccc(CN2C(=O)c3cccn3C3CN(Cc4ccco4)CC32)cc1.O=C(O)C(F)(F)F. The highest BCUT2D eigenvalue weighted by Crippen LogP contribution is 2.35. The van der Waals surface area contributed by atoms with E-state index in [0.717, 1.165) is 42.4 Å². The van der Waals surface area contributed by atoms with Crippen molar-refractivity contribution in [3.63, 3.8) is 0 Å². The van der Waals surface area contributed by atoms with Crippen molar-refractivity contribution in [2.45, 2.75) is 31.3 Å². The Labute approximate surface area is 199 Å². The maximum Gasteiger partial charge on any atom is 0.490 e. The molecule has 11 heteroatoms. The fourth-order valence-corrected chi connectivity index (χ4v) is 4.46. The van der Waals surface area contributed by atoms with E-state index in [0.29, 0.717) is 6.54 Å². The number of carboxylic acid groups (broad SMARTS) is 1. The highest BCUT2D eigenvalue weighted by atomic mass is 19.4. The number of rotatable bonds is 5. The molecule has 2 aromatic heterocycles. The molecule has 1 amide bonds. The number of aromatic nitrogens is 1. The molecule has 1 aromatic carbocycles. The van der Waals surface area contributed by atoms with Crippen LogP contribution in [0.15, 0.2) is 65.4 Å². The number of alkyl halides is 3. The predicted molar refractivity (Wildman–Crippen MR) is 118 cm³/mol. The largest absolute Gasteiger partial charge is 0.497 e. The number of methoxy groups -OCH3 is 1. The number of benzene rings is 1. The van der Waals surface area contributed by atoms with Gasteiger partial charge in [-0.15, -0.1) is 0 Å². The van der Waals surface area contributed by atoms with E-state index in [4.69, 9.17) is 19.1 Å². The molecule has 2 aliphatic rings. The van der Waals surface area contributed by atoms with Crippen molar-refractivity contribution in [2.24, 2.45) is 0 Å². The zero-order valence-corrected chi connectivity index (χ0v) is 18.8. The topological polar surface area (TPSA) is 88.2 Å². The Bertz CT molecular complexity index is 1160. The summed E-state index contributed by atoms with van der Waals surface area (Å²) in [7, 11) is 1.66. The molecule has 35 heavy (non-hydrogen) atoms. The Balaban J connectivity index is 0.000000364. The van der Waals surface area contributed by atoms with Gasteiger partial charge in [-0.3, -0.25) is 9.69 Å². The van der Waals surface area contributed by atoms with Crippen LogP contribution in [0.2, 0.25) is 0 Å². The number of hydrogen-bond donors (Lipinski definition) is 1. The Morgan fingerprint density at radius 3 is 2.37 bits per heavy atom. The Kier molecular flexibility index (Phi) is 6.88. The van der Waals surface area contributed by atoms with Crippen LogP contribution >= 0.6 is 0 Å². The summed E-state index contributed by atoms with van der Waals surface area (Å²) < 4.78 is 44.7. The van der Waals surface area contributed by atoms with Gasteiger partial charge in [0.15, 0.2) is 0 Å². The number of furan rings is 1. The molecule has 0 saturated carbocycles. The number of amides is 1. The number of halogens is 3. The van der Waals surface area contributed by atoms with Crippen molar-refractivity contribution in [2.75, 3.05) is 20.2 Å². The lowest BCUT2D eigenvalue weighted by atomic mass is 10.0. The van der Waals surface area contributed by atoms with Gasteiger partial charge in [0.1, 0.15) is 17.2 Å². The van der Waals surface area contributed by atoms with Gasteiger partial charge in [-0.05, 0) is 42.0 Å². The van der Waals surface area contributed by atoms with Gasteiger partial charge < -0.3 is 23.7 Å². The van der Waals surface area contributed by atoms with Crippen molar-refractivity contribution in [3.05, 3.63) is 78.0 Å². The van der Waals surface area contributed by atoms with Gasteiger partial charge in [0.2, 0.25) is 0 Å². The first-order chi connectivity index (χ1) is 16.7. The summed E-state index contributed by atoms with van der Waals surface area (Å²) in [6, 6.07) is 16.2. The normalized spacial score (nSPS) is 19.5. The Morgan fingerprint density at radius 2 is 1.77 bits per heavy atom. The lowest BCUT2D eigenvalue weighted by Gasteiger charge is -2.38. The molecule has 186 valence electrons. The predicted octanol–water partition coefficient (Wildman–Crippen LogP) is 3.80. The number of carboxylic acids is 1. The zero-order chi connectivity index (χ0) is 25.2. The van der Waals surface area contributed by atoms with Crippen LogP contribution in [-0.2, 0) is 17.9 Å². The van der Waals surface area contributed by atoms with Gasteiger partial charge in [0.05, 0.1) is 32.0 Å². The van der Waals surface area contributed by atoms with Gasteiger partial charge in [-0.2, -0.15) is 13.2 Å². The van der Waals surface area contributed by atoms with Gasteiger partial charge >= 0.3 is 12.1 Å². The fraction of sp³-hybridized carbons (Fsp3) is 0.333. The summed E-state index contributed by atoms with van der Waals surface area (Å²) in [6.07, 6.45) is -1.34. The van der Waals surface area contributed by atoms with E-state index < -0.39 is 12.1 Å². The second-order valence-corrected chi connectivity index (χ2v) is 8.29. The van der Waals surface area contributed by atoms with Crippen LogP contribution in [0.5, 0.6) is 5.75 Å². The minimum Gasteiger partial charge on any atom is -0.497 e. The highest BCUT2D eigenvalue weighted by molar-refractivity contribution is 5.94. The minimum atomic E-state index is -5.08. The lowest BCUT2D eigenvalue weighted by molar-refractivity contribution is -0.192. The molecule has 1 saturated heterocycles. The van der Waals surface area contributed by atoms with Gasteiger partial charge in [-0.25, -0.2) is 4.79 Å². The average Bonchev–Trinajstić information content (AvgIpc) is 3.58. The fourth-order valence-electron chi connectivity index (χ4n) is 4.46. The first kappa shape index (κ1) is 24.4. The molecule has 8 nitrogen and oxygen atoms in total. The van der Waals surface area contributed by atoms with E-state index in [9.17, 15) is 18.0 Å². The van der Waals surface area contributed by atoms with Crippen LogP contribution < -0.4 is 4.74 Å². The first-order valence-electron chi connectivity index (χ1n) is 10.8. The van der Waals surface area contributed by atoms with Crippen LogP contribution in [0.1, 0.15) is 27.9 Å². The van der Waals surface area contributed by atoms with Crippen molar-refractivity contribution < 1.29 is 37.0 Å². The number of likely N-dealkylation sites (tertiary alicyclic amines) is 1. The molecule has 0 bridgehead atoms. The smallest absolute Gasteiger partial charge is 0.490 e. The van der Waals surface area contributed by atoms with E-state index >= 15 is 0 Å². The maximum atomic E-state index is 13.2. The average molecular weight is 491 g/mol. The molecular formula is C24H24F3N3O5. The van der Waals surface area contributed by atoms with Crippen molar-refractivity contribution in [3.8, 4) is 5.75 Å². The third-order valence-corrected chi connectivity index (χ3v) is 6.07. The lowest BCUT2D eigenvalue weighted by Crippen LogP contribution is -2.49. The molecule has 0 radical (unpaired) electrons. The number of ether oxygens (including phenoxy) is 1. The molecule has 2 unspecified atom stereocenters. The minimum absolute atomic E-state index is 0.0990. The van der Waals surface area contributed by atoms with Gasteiger partial charge in [0, 0.05) is 25.8 Å². The Hall–Kier alpha value is -3.73. The van der Waals surface area contributed by atoms with Crippen LogP contribution in [0.25, 0.3) is 0 Å². The van der Waals surface area contributed by atoms with Crippen molar-refractivity contribution in [1.29, 1.82) is 0 Å². The van der Waals surface area contributed by atoms with Crippen LogP contribution in [0, 0.1) is 0 Å². The van der Waals surface area contributed by atoms with Gasteiger partial charge in [-0.1, -0.05) is 12.1 Å². The quantitative estimate of drug-likeness (QED) is 0.584. The molecule has 0 spiro atoms. The third kappa shape index (κ3) is 5.35. The molecular weight excluding hydrogens is 467 g/mol. The van der Waals surface area contributed by atoms with E-state index in [-0.39, 0.29) is 18.0 Å². The second kappa shape index (κ2) is 9.87. The summed E-state index contributed by atoms with van der Waals surface area (Å²) in [5.41, 5.74) is 1.88. The number of hydrogen-bond acceptors (Lipinski definition) is 5. The van der Waals surface area contributed by atoms with Gasteiger partial charge in [0.25, 0.3) is 5.91 Å². The zero-order valence-electron chi connectivity index (χ0n) is 18.8. The monoisotopic (exact) mass is 491 g/mol. The number of nitrogens with zero attached hydrogens (tertiary/aromatic N) is 3.